The van der Waals surface area contributed by atoms with E-state index in [4.69, 9.17) is 0 Å². The highest BCUT2D eigenvalue weighted by molar-refractivity contribution is 5.16. The lowest BCUT2D eigenvalue weighted by atomic mass is 10.3. The fraction of sp³-hybridized carbons (Fsp3) is 0.333. The van der Waals surface area contributed by atoms with Crippen molar-refractivity contribution < 1.29 is 9.85 Å². The number of allylic oxidation sites excluding steroid dienone is 2. The van der Waals surface area contributed by atoms with Gasteiger partial charge >= 0.3 is 11.4 Å². The number of hydrogen-bond donors (Lipinski definition) is 0. The molecule has 0 saturated carbocycles. The zero-order valence-electron chi connectivity index (χ0n) is 6.68. The van der Waals surface area contributed by atoms with Crippen molar-refractivity contribution in [3.63, 3.8) is 0 Å². The molecular formula is C6H8N2O4. The number of hydrogen-bond acceptors (Lipinski definition) is 4. The average Bonchev–Trinajstić information content (AvgIpc) is 1.98. The van der Waals surface area contributed by atoms with Gasteiger partial charge in [-0.15, -0.1) is 0 Å². The third kappa shape index (κ3) is 2.15. The van der Waals surface area contributed by atoms with Crippen molar-refractivity contribution in [3.8, 4) is 0 Å². The summed E-state index contributed by atoms with van der Waals surface area (Å²) in [7, 11) is 0. The normalized spacial score (nSPS) is 12.8. The van der Waals surface area contributed by atoms with Crippen LogP contribution >= 0.6 is 0 Å². The van der Waals surface area contributed by atoms with Gasteiger partial charge in [0.1, 0.15) is 0 Å². The molecule has 0 atom stereocenters. The van der Waals surface area contributed by atoms with E-state index in [-0.39, 0.29) is 0 Å². The molecule has 0 heterocycles. The van der Waals surface area contributed by atoms with Gasteiger partial charge in [-0.1, -0.05) is 0 Å². The molecule has 12 heavy (non-hydrogen) atoms. The molecule has 0 aromatic rings. The molecule has 0 aliphatic rings. The molecule has 0 saturated heterocycles. The van der Waals surface area contributed by atoms with Crippen LogP contribution in [0.4, 0.5) is 0 Å². The quantitative estimate of drug-likeness (QED) is 0.365. The Hall–Kier alpha value is -1.72. The molecule has 0 aliphatic heterocycles. The van der Waals surface area contributed by atoms with Crippen molar-refractivity contribution in [2.45, 2.75) is 13.8 Å². The third-order valence-corrected chi connectivity index (χ3v) is 1.20. The molecule has 0 amide bonds. The second-order valence-electron chi connectivity index (χ2n) is 1.86. The molecule has 0 rings (SSSR count). The summed E-state index contributed by atoms with van der Waals surface area (Å²) in [5.41, 5.74) is -0.968. The van der Waals surface area contributed by atoms with Crippen molar-refractivity contribution >= 4 is 0 Å². The molecule has 6 heteroatoms. The summed E-state index contributed by atoms with van der Waals surface area (Å²) in [5.74, 6) is 0. The molecular weight excluding hydrogens is 164 g/mol. The summed E-state index contributed by atoms with van der Waals surface area (Å²) < 4.78 is 0. The SMILES string of the molecule is C/C=C(/C(=C/C)[N+](=O)[O-])[N+](=O)[O-]. The van der Waals surface area contributed by atoms with Crippen LogP contribution in [0, 0.1) is 20.2 Å². The van der Waals surface area contributed by atoms with Crippen molar-refractivity contribution in [1.29, 1.82) is 0 Å². The highest BCUT2D eigenvalue weighted by atomic mass is 16.6. The summed E-state index contributed by atoms with van der Waals surface area (Å²) in [4.78, 5) is 18.9. The number of rotatable bonds is 3. The van der Waals surface area contributed by atoms with E-state index < -0.39 is 21.2 Å². The average molecular weight is 172 g/mol. The summed E-state index contributed by atoms with van der Waals surface area (Å²) in [5, 5.41) is 20.5. The van der Waals surface area contributed by atoms with Gasteiger partial charge < -0.3 is 0 Å². The van der Waals surface area contributed by atoms with Crippen molar-refractivity contribution in [2.75, 3.05) is 0 Å². The van der Waals surface area contributed by atoms with Gasteiger partial charge in [-0.3, -0.25) is 20.2 Å². The maximum absolute atomic E-state index is 10.2. The van der Waals surface area contributed by atoms with Crippen molar-refractivity contribution in [2.24, 2.45) is 0 Å². The summed E-state index contributed by atoms with van der Waals surface area (Å²) in [6.45, 7) is 2.76. The van der Waals surface area contributed by atoms with Crippen molar-refractivity contribution in [1.82, 2.24) is 0 Å². The Morgan fingerprint density at radius 2 is 1.25 bits per heavy atom. The molecule has 0 aliphatic carbocycles. The van der Waals surface area contributed by atoms with Crippen LogP contribution in [0.25, 0.3) is 0 Å². The zero-order chi connectivity index (χ0) is 9.72. The van der Waals surface area contributed by atoms with E-state index in [1.54, 1.807) is 0 Å². The predicted molar refractivity (Wildman–Crippen MR) is 41.5 cm³/mol. The van der Waals surface area contributed by atoms with E-state index >= 15 is 0 Å². The second-order valence-corrected chi connectivity index (χ2v) is 1.86. The van der Waals surface area contributed by atoms with Crippen LogP contribution in [0.15, 0.2) is 23.5 Å². The van der Waals surface area contributed by atoms with E-state index in [0.717, 1.165) is 12.2 Å². The Balaban J connectivity index is 4.99. The molecule has 6 nitrogen and oxygen atoms in total. The minimum atomic E-state index is -0.780. The van der Waals surface area contributed by atoms with Crippen LogP contribution in [0.3, 0.4) is 0 Å². The fourth-order valence-electron chi connectivity index (χ4n) is 0.694. The third-order valence-electron chi connectivity index (χ3n) is 1.20. The Bertz CT molecular complexity index is 239. The predicted octanol–water partition coefficient (Wildman–Crippen LogP) is 1.35. The van der Waals surface area contributed by atoms with Gasteiger partial charge in [-0.05, 0) is 26.0 Å². The number of nitrogens with zero attached hydrogens (tertiary/aromatic N) is 2. The molecule has 0 radical (unpaired) electrons. The Morgan fingerprint density at radius 3 is 1.33 bits per heavy atom. The van der Waals surface area contributed by atoms with E-state index in [2.05, 4.69) is 0 Å². The summed E-state index contributed by atoms with van der Waals surface area (Å²) in [6.07, 6.45) is 2.19. The van der Waals surface area contributed by atoms with Crippen LogP contribution in [-0.4, -0.2) is 9.85 Å². The Kier molecular flexibility index (Phi) is 3.61. The van der Waals surface area contributed by atoms with Gasteiger partial charge in [0, 0.05) is 0 Å². The standard InChI is InChI=1S/C6H8N2O4/c1-3-5(7(9)10)6(4-2)8(11)12/h3-4H,1-2H3/b5-3-,6-4-. The highest BCUT2D eigenvalue weighted by Gasteiger charge is 2.25. The van der Waals surface area contributed by atoms with Crippen LogP contribution in [-0.2, 0) is 0 Å². The van der Waals surface area contributed by atoms with Gasteiger partial charge in [0.2, 0.25) is 0 Å². The molecule has 0 N–H and O–H groups in total. The maximum Gasteiger partial charge on any atom is 0.341 e. The first-order valence-electron chi connectivity index (χ1n) is 3.16. The van der Waals surface area contributed by atoms with Crippen LogP contribution < -0.4 is 0 Å². The number of nitro groups is 2. The monoisotopic (exact) mass is 172 g/mol. The van der Waals surface area contributed by atoms with Gasteiger partial charge in [0.25, 0.3) is 0 Å². The summed E-state index contributed by atoms with van der Waals surface area (Å²) in [6, 6.07) is 0. The fourth-order valence-corrected chi connectivity index (χ4v) is 0.694. The largest absolute Gasteiger partial charge is 0.341 e. The molecule has 0 bridgehead atoms. The molecule has 0 spiro atoms. The minimum Gasteiger partial charge on any atom is -0.258 e. The maximum atomic E-state index is 10.2. The highest BCUT2D eigenvalue weighted by Crippen LogP contribution is 2.10. The van der Waals surface area contributed by atoms with Crippen LogP contribution in [0.5, 0.6) is 0 Å². The lowest BCUT2D eigenvalue weighted by Gasteiger charge is -1.93. The minimum absolute atomic E-state index is 0.484. The first kappa shape index (κ1) is 10.3. The zero-order valence-corrected chi connectivity index (χ0v) is 6.68. The van der Waals surface area contributed by atoms with E-state index in [0.29, 0.717) is 0 Å². The second kappa shape index (κ2) is 4.22. The van der Waals surface area contributed by atoms with E-state index in [9.17, 15) is 20.2 Å². The lowest BCUT2D eigenvalue weighted by molar-refractivity contribution is -0.479. The topological polar surface area (TPSA) is 86.3 Å². The molecule has 0 fully saturated rings. The Labute approximate surface area is 68.5 Å². The van der Waals surface area contributed by atoms with Gasteiger partial charge in [0.05, 0.1) is 9.85 Å². The van der Waals surface area contributed by atoms with Crippen molar-refractivity contribution in [3.05, 3.63) is 43.8 Å². The van der Waals surface area contributed by atoms with Crippen LogP contribution in [0.2, 0.25) is 0 Å². The van der Waals surface area contributed by atoms with E-state index in [1.165, 1.54) is 13.8 Å². The molecule has 66 valence electrons. The molecule has 0 aromatic carbocycles. The van der Waals surface area contributed by atoms with E-state index in [1.807, 2.05) is 0 Å². The van der Waals surface area contributed by atoms with Gasteiger partial charge in [-0.2, -0.15) is 0 Å². The van der Waals surface area contributed by atoms with Gasteiger partial charge in [0.15, 0.2) is 0 Å². The smallest absolute Gasteiger partial charge is 0.258 e. The Morgan fingerprint density at radius 1 is 1.00 bits per heavy atom. The summed E-state index contributed by atoms with van der Waals surface area (Å²) >= 11 is 0. The van der Waals surface area contributed by atoms with Gasteiger partial charge in [-0.25, -0.2) is 0 Å². The first-order valence-corrected chi connectivity index (χ1v) is 3.16. The lowest BCUT2D eigenvalue weighted by Crippen LogP contribution is -2.09. The molecule has 0 unspecified atom stereocenters. The first-order chi connectivity index (χ1) is 5.54. The molecule has 0 aromatic heterocycles. The van der Waals surface area contributed by atoms with Crippen LogP contribution in [0.1, 0.15) is 13.8 Å².